The van der Waals surface area contributed by atoms with Gasteiger partial charge in [-0.2, -0.15) is 0 Å². The van der Waals surface area contributed by atoms with Gasteiger partial charge in [0.15, 0.2) is 0 Å². The standard InChI is InChI=1S/C21H46O7Si/c1-9-13-14-15-16-20(22-5,26-17-10-2)21(27-18-11-3,28-19-12-4)29(23-6,24-7)25-8/h9-19H2,1-8H3. The summed E-state index contributed by atoms with van der Waals surface area (Å²) in [6.07, 6.45) is 7.27. The Kier molecular flexibility index (Phi) is 15.7. The highest BCUT2D eigenvalue weighted by Gasteiger charge is 2.75. The zero-order chi connectivity index (χ0) is 22.2. The number of unbranched alkanes of at least 4 members (excludes halogenated alkanes) is 3. The minimum atomic E-state index is -3.54. The van der Waals surface area contributed by atoms with Crippen LogP contribution >= 0.6 is 0 Å². The number of ether oxygens (including phenoxy) is 4. The highest BCUT2D eigenvalue weighted by Crippen LogP contribution is 2.44. The van der Waals surface area contributed by atoms with Gasteiger partial charge in [-0.15, -0.1) is 0 Å². The van der Waals surface area contributed by atoms with E-state index in [1.54, 1.807) is 28.4 Å². The summed E-state index contributed by atoms with van der Waals surface area (Å²) in [6, 6.07) is 0. The Bertz CT molecular complexity index is 377. The smallest absolute Gasteiger partial charge is 0.374 e. The maximum atomic E-state index is 6.44. The molecule has 0 saturated heterocycles. The fourth-order valence-electron chi connectivity index (χ4n) is 3.49. The maximum Gasteiger partial charge on any atom is 0.569 e. The summed E-state index contributed by atoms with van der Waals surface area (Å²) in [6.45, 7) is 9.71. The van der Waals surface area contributed by atoms with Crippen LogP contribution in [0.3, 0.4) is 0 Å². The lowest BCUT2D eigenvalue weighted by Gasteiger charge is -2.52. The minimum absolute atomic E-state index is 0.435. The predicted octanol–water partition coefficient (Wildman–Crippen LogP) is 4.69. The zero-order valence-corrected chi connectivity index (χ0v) is 21.1. The fraction of sp³-hybridized carbons (Fsp3) is 1.00. The fourth-order valence-corrected chi connectivity index (χ4v) is 6.12. The summed E-state index contributed by atoms with van der Waals surface area (Å²) in [7, 11) is 2.79. The van der Waals surface area contributed by atoms with Crippen molar-refractivity contribution < 1.29 is 32.2 Å². The first-order valence-corrected chi connectivity index (χ1v) is 12.8. The first-order chi connectivity index (χ1) is 14.0. The van der Waals surface area contributed by atoms with E-state index in [0.29, 0.717) is 26.2 Å². The topological polar surface area (TPSA) is 64.6 Å². The molecule has 1 unspecified atom stereocenters. The Hall–Kier alpha value is -0.0631. The molecule has 1 atom stereocenters. The normalized spacial score (nSPS) is 14.9. The third kappa shape index (κ3) is 6.97. The van der Waals surface area contributed by atoms with E-state index in [1.165, 1.54) is 0 Å². The first-order valence-electron chi connectivity index (χ1n) is 11.1. The van der Waals surface area contributed by atoms with E-state index in [4.69, 9.17) is 32.2 Å². The maximum absolute atomic E-state index is 6.44. The van der Waals surface area contributed by atoms with Gasteiger partial charge in [0, 0.05) is 54.7 Å². The van der Waals surface area contributed by atoms with Gasteiger partial charge >= 0.3 is 8.80 Å². The van der Waals surface area contributed by atoms with E-state index in [0.717, 1.165) is 44.9 Å². The average molecular weight is 439 g/mol. The Morgan fingerprint density at radius 3 is 1.45 bits per heavy atom. The molecule has 0 heterocycles. The van der Waals surface area contributed by atoms with Crippen molar-refractivity contribution in [1.82, 2.24) is 0 Å². The SMILES string of the molecule is CCCCCCC(OC)(OCCC)C(OCCC)(OCCC)[Si](OC)(OC)OC. The van der Waals surface area contributed by atoms with E-state index in [1.807, 2.05) is 13.8 Å². The second-order valence-electron chi connectivity index (χ2n) is 7.10. The molecule has 176 valence electrons. The number of hydrogen-bond acceptors (Lipinski definition) is 7. The molecule has 0 spiro atoms. The quantitative estimate of drug-likeness (QED) is 0.155. The second-order valence-corrected chi connectivity index (χ2v) is 10.1. The molecular formula is C21H46O7Si. The molecule has 0 bridgehead atoms. The van der Waals surface area contributed by atoms with Crippen LogP contribution in [0.1, 0.15) is 79.1 Å². The number of hydrogen-bond donors (Lipinski definition) is 0. The molecule has 0 N–H and O–H groups in total. The lowest BCUT2D eigenvalue weighted by molar-refractivity contribution is -0.390. The second kappa shape index (κ2) is 15.7. The van der Waals surface area contributed by atoms with Crippen molar-refractivity contribution >= 4 is 8.80 Å². The highest BCUT2D eigenvalue weighted by atomic mass is 28.4. The molecule has 0 aromatic carbocycles. The van der Waals surface area contributed by atoms with Crippen LogP contribution in [0.4, 0.5) is 0 Å². The Morgan fingerprint density at radius 1 is 0.586 bits per heavy atom. The van der Waals surface area contributed by atoms with Gasteiger partial charge in [-0.3, -0.25) is 0 Å². The van der Waals surface area contributed by atoms with Crippen LogP contribution in [0.5, 0.6) is 0 Å². The third-order valence-electron chi connectivity index (χ3n) is 4.96. The van der Waals surface area contributed by atoms with Crippen molar-refractivity contribution in [2.45, 2.75) is 90.3 Å². The lowest BCUT2D eigenvalue weighted by atomic mass is 10.0. The predicted molar refractivity (Wildman–Crippen MR) is 117 cm³/mol. The molecule has 0 fully saturated rings. The summed E-state index contributed by atoms with van der Waals surface area (Å²) >= 11 is 0. The first kappa shape index (κ1) is 28.9. The van der Waals surface area contributed by atoms with E-state index in [9.17, 15) is 0 Å². The number of methoxy groups -OCH3 is 1. The van der Waals surface area contributed by atoms with Crippen molar-refractivity contribution in [1.29, 1.82) is 0 Å². The molecule has 0 aliphatic carbocycles. The third-order valence-corrected chi connectivity index (χ3v) is 8.05. The minimum Gasteiger partial charge on any atom is -0.374 e. The molecule has 29 heavy (non-hydrogen) atoms. The van der Waals surface area contributed by atoms with E-state index >= 15 is 0 Å². The zero-order valence-electron chi connectivity index (χ0n) is 20.1. The lowest BCUT2D eigenvalue weighted by Crippen LogP contribution is -2.77. The van der Waals surface area contributed by atoms with E-state index in [2.05, 4.69) is 13.8 Å². The average Bonchev–Trinajstić information content (AvgIpc) is 2.76. The molecule has 0 amide bonds. The largest absolute Gasteiger partial charge is 0.569 e. The Morgan fingerprint density at radius 2 is 1.07 bits per heavy atom. The van der Waals surface area contributed by atoms with Crippen LogP contribution in [0.2, 0.25) is 0 Å². The van der Waals surface area contributed by atoms with Crippen molar-refractivity contribution in [2.75, 3.05) is 48.3 Å². The van der Waals surface area contributed by atoms with Crippen molar-refractivity contribution in [3.05, 3.63) is 0 Å². The summed E-state index contributed by atoms with van der Waals surface area (Å²) in [5.41, 5.74) is -1.44. The van der Waals surface area contributed by atoms with Crippen LogP contribution in [0, 0.1) is 0 Å². The van der Waals surface area contributed by atoms with Crippen LogP contribution < -0.4 is 0 Å². The highest BCUT2D eigenvalue weighted by molar-refractivity contribution is 6.63. The van der Waals surface area contributed by atoms with E-state index in [-0.39, 0.29) is 0 Å². The molecule has 7 nitrogen and oxygen atoms in total. The van der Waals surface area contributed by atoms with Gasteiger partial charge in [0.2, 0.25) is 5.79 Å². The van der Waals surface area contributed by atoms with Crippen LogP contribution in [-0.4, -0.2) is 68.3 Å². The van der Waals surface area contributed by atoms with Gasteiger partial charge in [-0.05, 0) is 25.7 Å². The van der Waals surface area contributed by atoms with Crippen LogP contribution in [-0.2, 0) is 32.2 Å². The summed E-state index contributed by atoms with van der Waals surface area (Å²) in [5, 5.41) is 0. The van der Waals surface area contributed by atoms with Crippen LogP contribution in [0.25, 0.3) is 0 Å². The molecule has 8 heteroatoms. The summed E-state index contributed by atoms with van der Waals surface area (Å²) in [5.74, 6) is -1.21. The molecule has 0 aromatic heterocycles. The molecular weight excluding hydrogens is 392 g/mol. The monoisotopic (exact) mass is 438 g/mol. The molecule has 0 radical (unpaired) electrons. The Balaban J connectivity index is 6.50. The van der Waals surface area contributed by atoms with Gasteiger partial charge < -0.3 is 32.2 Å². The van der Waals surface area contributed by atoms with Gasteiger partial charge in [-0.25, -0.2) is 0 Å². The molecule has 0 aliphatic heterocycles. The van der Waals surface area contributed by atoms with Gasteiger partial charge in [-0.1, -0.05) is 47.0 Å². The molecule has 0 rings (SSSR count). The van der Waals surface area contributed by atoms with Gasteiger partial charge in [0.1, 0.15) is 0 Å². The van der Waals surface area contributed by atoms with Gasteiger partial charge in [0.25, 0.3) is 5.41 Å². The summed E-state index contributed by atoms with van der Waals surface area (Å²) in [4.78, 5) is 0. The van der Waals surface area contributed by atoms with Crippen molar-refractivity contribution in [3.8, 4) is 0 Å². The van der Waals surface area contributed by atoms with Gasteiger partial charge in [0.05, 0.1) is 0 Å². The summed E-state index contributed by atoms with van der Waals surface area (Å²) < 4.78 is 43.1. The number of rotatable bonds is 20. The van der Waals surface area contributed by atoms with Crippen molar-refractivity contribution in [3.63, 3.8) is 0 Å². The van der Waals surface area contributed by atoms with Crippen LogP contribution in [0.15, 0.2) is 0 Å². The van der Waals surface area contributed by atoms with Crippen molar-refractivity contribution in [2.24, 2.45) is 0 Å². The molecule has 0 aromatic rings. The van der Waals surface area contributed by atoms with E-state index < -0.39 is 20.0 Å². The molecule has 0 aliphatic rings. The Labute approximate surface area is 180 Å². The molecule has 0 saturated carbocycles.